The molecule has 2 rings (SSSR count). The Labute approximate surface area is 119 Å². The SMILES string of the molecule is COc1ccc(SC(C)C(=O)NC2CCCC2)cc1. The number of hydrogen-bond donors (Lipinski definition) is 1. The van der Waals surface area contributed by atoms with Crippen LogP contribution in [-0.2, 0) is 4.79 Å². The Balaban J connectivity index is 1.84. The highest BCUT2D eigenvalue weighted by Crippen LogP contribution is 2.26. The lowest BCUT2D eigenvalue weighted by atomic mass is 10.2. The maximum atomic E-state index is 12.1. The molecular formula is C15H21NO2S. The van der Waals surface area contributed by atoms with Gasteiger partial charge in [-0.05, 0) is 44.0 Å². The Morgan fingerprint density at radius 2 is 1.95 bits per heavy atom. The van der Waals surface area contributed by atoms with E-state index >= 15 is 0 Å². The number of carbonyl (C=O) groups excluding carboxylic acids is 1. The zero-order chi connectivity index (χ0) is 13.7. The van der Waals surface area contributed by atoms with Crippen LogP contribution in [0.4, 0.5) is 0 Å². The molecule has 0 saturated heterocycles. The fourth-order valence-electron chi connectivity index (χ4n) is 2.30. The van der Waals surface area contributed by atoms with E-state index in [1.165, 1.54) is 12.8 Å². The smallest absolute Gasteiger partial charge is 0.233 e. The minimum atomic E-state index is -0.0611. The molecule has 0 spiro atoms. The van der Waals surface area contributed by atoms with Crippen molar-refractivity contribution in [2.24, 2.45) is 0 Å². The summed E-state index contributed by atoms with van der Waals surface area (Å²) in [4.78, 5) is 13.2. The first-order chi connectivity index (χ1) is 9.19. The summed E-state index contributed by atoms with van der Waals surface area (Å²) in [5.41, 5.74) is 0. The summed E-state index contributed by atoms with van der Waals surface area (Å²) < 4.78 is 5.12. The minimum absolute atomic E-state index is 0.0611. The molecule has 1 aromatic carbocycles. The first-order valence-electron chi connectivity index (χ1n) is 6.80. The van der Waals surface area contributed by atoms with Gasteiger partial charge in [0.15, 0.2) is 0 Å². The Hall–Kier alpha value is -1.16. The number of hydrogen-bond acceptors (Lipinski definition) is 3. The molecule has 1 N–H and O–H groups in total. The Kier molecular flexibility index (Phi) is 5.14. The standard InChI is InChI=1S/C15H21NO2S/c1-11(15(17)16-12-5-3-4-6-12)19-14-9-7-13(18-2)8-10-14/h7-12H,3-6H2,1-2H3,(H,16,17). The van der Waals surface area contributed by atoms with Crippen LogP contribution < -0.4 is 10.1 Å². The van der Waals surface area contributed by atoms with Gasteiger partial charge in [0.05, 0.1) is 12.4 Å². The second kappa shape index (κ2) is 6.85. The number of carbonyl (C=O) groups is 1. The van der Waals surface area contributed by atoms with Crippen molar-refractivity contribution in [2.45, 2.75) is 48.8 Å². The number of amides is 1. The van der Waals surface area contributed by atoms with E-state index in [2.05, 4.69) is 5.32 Å². The van der Waals surface area contributed by atoms with Gasteiger partial charge in [-0.1, -0.05) is 12.8 Å². The molecule has 4 heteroatoms. The quantitative estimate of drug-likeness (QED) is 0.841. The van der Waals surface area contributed by atoms with E-state index in [-0.39, 0.29) is 11.2 Å². The van der Waals surface area contributed by atoms with E-state index in [0.29, 0.717) is 6.04 Å². The lowest BCUT2D eigenvalue weighted by Gasteiger charge is -2.16. The van der Waals surface area contributed by atoms with Gasteiger partial charge < -0.3 is 10.1 Å². The van der Waals surface area contributed by atoms with Crippen molar-refractivity contribution in [2.75, 3.05) is 7.11 Å². The number of thioether (sulfide) groups is 1. The number of rotatable bonds is 5. The van der Waals surface area contributed by atoms with Gasteiger partial charge in [0.2, 0.25) is 5.91 Å². The largest absolute Gasteiger partial charge is 0.497 e. The molecule has 1 aliphatic rings. The summed E-state index contributed by atoms with van der Waals surface area (Å²) in [6.45, 7) is 1.96. The van der Waals surface area contributed by atoms with Gasteiger partial charge in [0.1, 0.15) is 5.75 Å². The van der Waals surface area contributed by atoms with Crippen LogP contribution in [0.25, 0.3) is 0 Å². The fraction of sp³-hybridized carbons (Fsp3) is 0.533. The summed E-state index contributed by atoms with van der Waals surface area (Å²) >= 11 is 1.59. The summed E-state index contributed by atoms with van der Waals surface area (Å²) in [7, 11) is 1.65. The van der Waals surface area contributed by atoms with Crippen LogP contribution in [0.3, 0.4) is 0 Å². The molecule has 0 aliphatic heterocycles. The van der Waals surface area contributed by atoms with Crippen molar-refractivity contribution in [1.82, 2.24) is 5.32 Å². The molecule has 0 bridgehead atoms. The second-order valence-electron chi connectivity index (χ2n) is 4.93. The molecule has 19 heavy (non-hydrogen) atoms. The topological polar surface area (TPSA) is 38.3 Å². The van der Waals surface area contributed by atoms with Gasteiger partial charge in [-0.15, -0.1) is 11.8 Å². The molecule has 0 heterocycles. The van der Waals surface area contributed by atoms with E-state index in [0.717, 1.165) is 23.5 Å². The van der Waals surface area contributed by atoms with Gasteiger partial charge in [-0.3, -0.25) is 4.79 Å². The molecule has 1 amide bonds. The summed E-state index contributed by atoms with van der Waals surface area (Å²) in [6.07, 6.45) is 4.74. The van der Waals surface area contributed by atoms with Crippen LogP contribution >= 0.6 is 11.8 Å². The van der Waals surface area contributed by atoms with E-state index in [9.17, 15) is 4.79 Å². The van der Waals surface area contributed by atoms with Crippen LogP contribution in [0.2, 0.25) is 0 Å². The van der Waals surface area contributed by atoms with Crippen molar-refractivity contribution in [3.05, 3.63) is 24.3 Å². The second-order valence-corrected chi connectivity index (χ2v) is 6.34. The normalized spacial score (nSPS) is 17.2. The number of nitrogens with one attached hydrogen (secondary N) is 1. The predicted octanol–water partition coefficient (Wildman–Crippen LogP) is 3.23. The van der Waals surface area contributed by atoms with Crippen molar-refractivity contribution in [3.63, 3.8) is 0 Å². The first-order valence-corrected chi connectivity index (χ1v) is 7.68. The monoisotopic (exact) mass is 279 g/mol. The first kappa shape index (κ1) is 14.3. The van der Waals surface area contributed by atoms with E-state index in [1.807, 2.05) is 31.2 Å². The molecule has 1 aliphatic carbocycles. The third-order valence-electron chi connectivity index (χ3n) is 3.44. The molecule has 1 unspecified atom stereocenters. The highest BCUT2D eigenvalue weighted by atomic mass is 32.2. The summed E-state index contributed by atoms with van der Waals surface area (Å²) in [5.74, 6) is 0.986. The average molecular weight is 279 g/mol. The number of methoxy groups -OCH3 is 1. The molecule has 1 atom stereocenters. The lowest BCUT2D eigenvalue weighted by molar-refractivity contribution is -0.120. The van der Waals surface area contributed by atoms with Gasteiger partial charge in [-0.2, -0.15) is 0 Å². The lowest BCUT2D eigenvalue weighted by Crippen LogP contribution is -2.37. The molecule has 0 radical (unpaired) electrons. The molecule has 1 fully saturated rings. The predicted molar refractivity (Wildman–Crippen MR) is 78.7 cm³/mol. The Bertz CT molecular complexity index is 413. The Morgan fingerprint density at radius 3 is 2.53 bits per heavy atom. The van der Waals surface area contributed by atoms with Gasteiger partial charge in [0.25, 0.3) is 0 Å². The van der Waals surface area contributed by atoms with Crippen LogP contribution in [0.15, 0.2) is 29.2 Å². The average Bonchev–Trinajstić information content (AvgIpc) is 2.92. The highest BCUT2D eigenvalue weighted by Gasteiger charge is 2.21. The van der Waals surface area contributed by atoms with Crippen molar-refractivity contribution in [3.8, 4) is 5.75 Å². The van der Waals surface area contributed by atoms with Crippen LogP contribution in [0, 0.1) is 0 Å². The van der Waals surface area contributed by atoms with Gasteiger partial charge >= 0.3 is 0 Å². The number of ether oxygens (including phenoxy) is 1. The van der Waals surface area contributed by atoms with Crippen LogP contribution in [0.1, 0.15) is 32.6 Å². The van der Waals surface area contributed by atoms with Crippen molar-refractivity contribution >= 4 is 17.7 Å². The molecule has 3 nitrogen and oxygen atoms in total. The molecule has 1 saturated carbocycles. The summed E-state index contributed by atoms with van der Waals surface area (Å²) in [5, 5.41) is 3.08. The van der Waals surface area contributed by atoms with Gasteiger partial charge in [-0.25, -0.2) is 0 Å². The third-order valence-corrected chi connectivity index (χ3v) is 4.56. The van der Waals surface area contributed by atoms with Crippen molar-refractivity contribution in [1.29, 1.82) is 0 Å². The minimum Gasteiger partial charge on any atom is -0.497 e. The molecule has 104 valence electrons. The molecule has 1 aromatic rings. The van der Waals surface area contributed by atoms with Gasteiger partial charge in [0, 0.05) is 10.9 Å². The molecule has 0 aromatic heterocycles. The number of benzene rings is 1. The zero-order valence-electron chi connectivity index (χ0n) is 11.5. The zero-order valence-corrected chi connectivity index (χ0v) is 12.3. The summed E-state index contributed by atoms with van der Waals surface area (Å²) in [6, 6.07) is 8.21. The molecular weight excluding hydrogens is 258 g/mol. The highest BCUT2D eigenvalue weighted by molar-refractivity contribution is 8.00. The van der Waals surface area contributed by atoms with E-state index < -0.39 is 0 Å². The third kappa shape index (κ3) is 4.16. The Morgan fingerprint density at radius 1 is 1.32 bits per heavy atom. The van der Waals surface area contributed by atoms with E-state index in [1.54, 1.807) is 18.9 Å². The van der Waals surface area contributed by atoms with Crippen LogP contribution in [0.5, 0.6) is 5.75 Å². The van der Waals surface area contributed by atoms with Crippen LogP contribution in [-0.4, -0.2) is 24.3 Å². The van der Waals surface area contributed by atoms with E-state index in [4.69, 9.17) is 4.74 Å². The fourth-order valence-corrected chi connectivity index (χ4v) is 3.18. The maximum absolute atomic E-state index is 12.1. The van der Waals surface area contributed by atoms with Crippen molar-refractivity contribution < 1.29 is 9.53 Å². The maximum Gasteiger partial charge on any atom is 0.233 e.